The molecular formula is C7H14NO. The van der Waals surface area contributed by atoms with Crippen molar-refractivity contribution in [2.45, 2.75) is 19.8 Å². The topological polar surface area (TPSA) is 34.3 Å². The number of nitrogens with zero attached hydrogens (tertiary/aromatic N) is 1. The van der Waals surface area contributed by atoms with Crippen LogP contribution in [-0.4, -0.2) is 24.8 Å². The van der Waals surface area contributed by atoms with Gasteiger partial charge in [-0.3, -0.25) is 0 Å². The van der Waals surface area contributed by atoms with Gasteiger partial charge in [-0.05, 0) is 18.3 Å². The van der Waals surface area contributed by atoms with E-state index in [1.54, 1.807) is 0 Å². The molecule has 1 heterocycles. The van der Waals surface area contributed by atoms with Crippen molar-refractivity contribution in [3.8, 4) is 0 Å². The molecular weight excluding hydrogens is 114 g/mol. The van der Waals surface area contributed by atoms with Crippen LogP contribution in [0, 0.1) is 5.41 Å². The van der Waals surface area contributed by atoms with E-state index in [1.165, 1.54) is 0 Å². The van der Waals surface area contributed by atoms with E-state index in [2.05, 4.69) is 12.2 Å². The predicted octanol–water partition coefficient (Wildman–Crippen LogP) is 0.383. The zero-order valence-corrected chi connectivity index (χ0v) is 5.93. The summed E-state index contributed by atoms with van der Waals surface area (Å²) in [6, 6.07) is 0. The lowest BCUT2D eigenvalue weighted by molar-refractivity contribution is 0.106. The number of hydrogen-bond acceptors (Lipinski definition) is 1. The van der Waals surface area contributed by atoms with Crippen LogP contribution in [0.15, 0.2) is 0 Å². The van der Waals surface area contributed by atoms with Gasteiger partial charge < -0.3 is 5.11 Å². The first-order valence-electron chi connectivity index (χ1n) is 3.51. The summed E-state index contributed by atoms with van der Waals surface area (Å²) in [5, 5.41) is 13.1. The molecule has 1 rings (SSSR count). The first-order valence-corrected chi connectivity index (χ1v) is 3.51. The van der Waals surface area contributed by atoms with E-state index in [9.17, 15) is 0 Å². The lowest BCUT2D eigenvalue weighted by Crippen LogP contribution is -2.33. The monoisotopic (exact) mass is 128 g/mol. The van der Waals surface area contributed by atoms with E-state index >= 15 is 0 Å². The second kappa shape index (κ2) is 2.67. The van der Waals surface area contributed by atoms with Gasteiger partial charge in [0, 0.05) is 19.7 Å². The molecule has 0 unspecified atom stereocenters. The first kappa shape index (κ1) is 7.03. The molecule has 2 nitrogen and oxygen atoms in total. The highest BCUT2D eigenvalue weighted by molar-refractivity contribution is 4.78. The minimum atomic E-state index is 0.182. The third kappa shape index (κ3) is 1.66. The van der Waals surface area contributed by atoms with E-state index in [4.69, 9.17) is 5.11 Å². The van der Waals surface area contributed by atoms with E-state index in [1.807, 2.05) is 0 Å². The summed E-state index contributed by atoms with van der Waals surface area (Å²) in [6.45, 7) is 4.33. The van der Waals surface area contributed by atoms with Gasteiger partial charge in [0.2, 0.25) is 0 Å². The summed E-state index contributed by atoms with van der Waals surface area (Å²) in [6.07, 6.45) is 2.12. The van der Waals surface area contributed by atoms with Crippen LogP contribution in [0.5, 0.6) is 0 Å². The summed E-state index contributed by atoms with van der Waals surface area (Å²) in [5.41, 5.74) is 0.182. The van der Waals surface area contributed by atoms with E-state index in [0.717, 1.165) is 25.9 Å². The number of aliphatic hydroxyl groups excluding tert-OH is 1. The second-order valence-electron chi connectivity index (χ2n) is 3.14. The van der Waals surface area contributed by atoms with Gasteiger partial charge in [-0.2, -0.15) is 0 Å². The Balaban J connectivity index is 2.37. The predicted molar refractivity (Wildman–Crippen MR) is 36.3 cm³/mol. The highest BCUT2D eigenvalue weighted by atomic mass is 16.3. The third-order valence-electron chi connectivity index (χ3n) is 2.13. The zero-order valence-electron chi connectivity index (χ0n) is 5.93. The number of aliphatic hydroxyl groups is 1. The first-order chi connectivity index (χ1) is 4.27. The van der Waals surface area contributed by atoms with Crippen LogP contribution in [0.2, 0.25) is 0 Å². The molecule has 2 heteroatoms. The Labute approximate surface area is 56.3 Å². The number of piperidine rings is 1. The molecule has 1 N–H and O–H groups in total. The van der Waals surface area contributed by atoms with Crippen molar-refractivity contribution in [2.75, 3.05) is 19.7 Å². The van der Waals surface area contributed by atoms with Gasteiger partial charge in [-0.15, -0.1) is 0 Å². The van der Waals surface area contributed by atoms with Gasteiger partial charge >= 0.3 is 0 Å². The highest BCUT2D eigenvalue weighted by Crippen LogP contribution is 2.26. The summed E-state index contributed by atoms with van der Waals surface area (Å²) >= 11 is 0. The maximum atomic E-state index is 8.91. The zero-order chi connectivity index (χ0) is 6.74. The van der Waals surface area contributed by atoms with Gasteiger partial charge in [0.15, 0.2) is 0 Å². The minimum absolute atomic E-state index is 0.182. The fourth-order valence-corrected chi connectivity index (χ4v) is 1.09. The van der Waals surface area contributed by atoms with E-state index in [0.29, 0.717) is 6.61 Å². The van der Waals surface area contributed by atoms with Crippen LogP contribution >= 0.6 is 0 Å². The summed E-state index contributed by atoms with van der Waals surface area (Å²) in [5.74, 6) is 0. The van der Waals surface area contributed by atoms with Gasteiger partial charge in [0.05, 0.1) is 0 Å². The molecule has 9 heavy (non-hydrogen) atoms. The number of rotatable bonds is 1. The molecule has 1 radical (unpaired) electrons. The smallest absolute Gasteiger partial charge is 0.0485 e. The van der Waals surface area contributed by atoms with Crippen LogP contribution in [-0.2, 0) is 0 Å². The molecule has 1 aliphatic heterocycles. The average molecular weight is 128 g/mol. The Kier molecular flexibility index (Phi) is 2.09. The summed E-state index contributed by atoms with van der Waals surface area (Å²) in [7, 11) is 0. The summed E-state index contributed by atoms with van der Waals surface area (Å²) < 4.78 is 0. The second-order valence-corrected chi connectivity index (χ2v) is 3.14. The van der Waals surface area contributed by atoms with Crippen molar-refractivity contribution < 1.29 is 5.11 Å². The molecule has 1 aliphatic rings. The molecule has 0 amide bonds. The molecule has 1 fully saturated rings. The molecule has 0 atom stereocenters. The Bertz CT molecular complexity index is 86.9. The van der Waals surface area contributed by atoms with Crippen LogP contribution in [0.4, 0.5) is 0 Å². The van der Waals surface area contributed by atoms with Crippen molar-refractivity contribution in [2.24, 2.45) is 5.41 Å². The lowest BCUT2D eigenvalue weighted by Gasteiger charge is -2.30. The van der Waals surface area contributed by atoms with Gasteiger partial charge in [0.1, 0.15) is 0 Å². The van der Waals surface area contributed by atoms with E-state index < -0.39 is 0 Å². The molecule has 0 saturated carbocycles. The lowest BCUT2D eigenvalue weighted by atomic mass is 9.82. The van der Waals surface area contributed by atoms with Gasteiger partial charge in [0.25, 0.3) is 0 Å². The SMILES string of the molecule is CC1(CO)CC[N]CC1. The fraction of sp³-hybridized carbons (Fsp3) is 1.00. The molecule has 53 valence electrons. The Hall–Kier alpha value is -0.0800. The van der Waals surface area contributed by atoms with Gasteiger partial charge in [-0.25, -0.2) is 5.32 Å². The maximum Gasteiger partial charge on any atom is 0.0485 e. The molecule has 0 bridgehead atoms. The third-order valence-corrected chi connectivity index (χ3v) is 2.13. The average Bonchev–Trinajstić information content (AvgIpc) is 1.90. The standard InChI is InChI=1S/C7H14NO/c1-7(6-9)2-4-8-5-3-7/h9H,2-6H2,1H3. The molecule has 1 saturated heterocycles. The highest BCUT2D eigenvalue weighted by Gasteiger charge is 2.25. The molecule has 0 aromatic rings. The van der Waals surface area contributed by atoms with Crippen LogP contribution in [0.1, 0.15) is 19.8 Å². The molecule has 0 aliphatic carbocycles. The van der Waals surface area contributed by atoms with Crippen molar-refractivity contribution in [1.82, 2.24) is 5.32 Å². The normalized spacial score (nSPS) is 26.0. The van der Waals surface area contributed by atoms with E-state index in [-0.39, 0.29) is 5.41 Å². The maximum absolute atomic E-state index is 8.91. The molecule has 0 aromatic heterocycles. The Morgan fingerprint density at radius 1 is 1.44 bits per heavy atom. The molecule has 0 spiro atoms. The quantitative estimate of drug-likeness (QED) is 0.544. The van der Waals surface area contributed by atoms with Crippen molar-refractivity contribution in [3.63, 3.8) is 0 Å². The number of hydrogen-bond donors (Lipinski definition) is 1. The molecule has 0 aromatic carbocycles. The van der Waals surface area contributed by atoms with Crippen LogP contribution in [0.3, 0.4) is 0 Å². The van der Waals surface area contributed by atoms with Crippen LogP contribution < -0.4 is 5.32 Å². The van der Waals surface area contributed by atoms with Crippen LogP contribution in [0.25, 0.3) is 0 Å². The Morgan fingerprint density at radius 2 is 2.00 bits per heavy atom. The fourth-order valence-electron chi connectivity index (χ4n) is 1.09. The van der Waals surface area contributed by atoms with Crippen molar-refractivity contribution >= 4 is 0 Å². The summed E-state index contributed by atoms with van der Waals surface area (Å²) in [4.78, 5) is 0. The van der Waals surface area contributed by atoms with Gasteiger partial charge in [-0.1, -0.05) is 6.92 Å². The Morgan fingerprint density at radius 3 is 2.33 bits per heavy atom. The largest absolute Gasteiger partial charge is 0.396 e. The van der Waals surface area contributed by atoms with Crippen molar-refractivity contribution in [1.29, 1.82) is 0 Å². The van der Waals surface area contributed by atoms with Crippen molar-refractivity contribution in [3.05, 3.63) is 0 Å². The minimum Gasteiger partial charge on any atom is -0.396 e.